The zero-order chi connectivity index (χ0) is 19.0. The van der Waals surface area contributed by atoms with Gasteiger partial charge in [0.1, 0.15) is 0 Å². The van der Waals surface area contributed by atoms with Crippen LogP contribution in [0.5, 0.6) is 0 Å². The van der Waals surface area contributed by atoms with E-state index in [9.17, 15) is 9.59 Å². The Morgan fingerprint density at radius 3 is 2.85 bits per heavy atom. The standard InChI is InChI=1S/C21H23N3O3/c1-14-10-17(15(2)23(14)12-16-6-5-9-27-16)20(25)13-24-19-8-4-3-7-18(19)22-11-21(24)26/h3-4,7-8,10-11,16H,5-6,9,12-13H2,1-2H3/t16-/m1/s1. The van der Waals surface area contributed by atoms with Crippen molar-refractivity contribution in [3.63, 3.8) is 0 Å². The molecule has 1 atom stereocenters. The molecule has 0 aliphatic carbocycles. The minimum Gasteiger partial charge on any atom is -0.376 e. The largest absolute Gasteiger partial charge is 0.376 e. The molecular weight excluding hydrogens is 342 g/mol. The van der Waals surface area contributed by atoms with Crippen LogP contribution in [0.2, 0.25) is 0 Å². The second-order valence-electron chi connectivity index (χ2n) is 7.12. The van der Waals surface area contributed by atoms with E-state index in [4.69, 9.17) is 4.74 Å². The second kappa shape index (κ2) is 7.12. The van der Waals surface area contributed by atoms with E-state index >= 15 is 0 Å². The van der Waals surface area contributed by atoms with Crippen molar-refractivity contribution in [2.75, 3.05) is 6.61 Å². The van der Waals surface area contributed by atoms with Gasteiger partial charge in [-0.1, -0.05) is 12.1 Å². The quantitative estimate of drug-likeness (QED) is 0.652. The van der Waals surface area contributed by atoms with Gasteiger partial charge in [0.25, 0.3) is 5.56 Å². The molecule has 6 nitrogen and oxygen atoms in total. The fourth-order valence-electron chi connectivity index (χ4n) is 3.86. The highest BCUT2D eigenvalue weighted by Gasteiger charge is 2.21. The molecule has 1 fully saturated rings. The number of Topliss-reactive ketones (excluding diaryl/α,β-unsaturated/α-hetero) is 1. The predicted molar refractivity (Wildman–Crippen MR) is 103 cm³/mol. The lowest BCUT2D eigenvalue weighted by Gasteiger charge is -2.15. The van der Waals surface area contributed by atoms with Gasteiger partial charge in [-0.25, -0.2) is 4.98 Å². The van der Waals surface area contributed by atoms with Crippen LogP contribution >= 0.6 is 0 Å². The summed E-state index contributed by atoms with van der Waals surface area (Å²) in [6.45, 7) is 5.55. The number of hydrogen-bond acceptors (Lipinski definition) is 4. The maximum Gasteiger partial charge on any atom is 0.269 e. The number of ketones is 1. The number of nitrogens with zero attached hydrogens (tertiary/aromatic N) is 3. The highest BCUT2D eigenvalue weighted by Crippen LogP contribution is 2.21. The third-order valence-electron chi connectivity index (χ3n) is 5.34. The summed E-state index contributed by atoms with van der Waals surface area (Å²) < 4.78 is 9.38. The Morgan fingerprint density at radius 1 is 1.26 bits per heavy atom. The van der Waals surface area contributed by atoms with E-state index in [-0.39, 0.29) is 24.0 Å². The molecule has 3 heterocycles. The molecule has 140 valence electrons. The number of aromatic nitrogens is 3. The number of carbonyl (C=O) groups excluding carboxylic acids is 1. The molecule has 0 bridgehead atoms. The highest BCUT2D eigenvalue weighted by atomic mass is 16.5. The van der Waals surface area contributed by atoms with Crippen molar-refractivity contribution in [2.45, 2.75) is 45.9 Å². The Labute approximate surface area is 157 Å². The summed E-state index contributed by atoms with van der Waals surface area (Å²) in [5.74, 6) is -0.0693. The normalized spacial score (nSPS) is 16.9. The molecule has 1 aromatic carbocycles. The molecule has 0 saturated carbocycles. The van der Waals surface area contributed by atoms with Gasteiger partial charge in [0, 0.05) is 30.1 Å². The minimum absolute atomic E-state index is 0.00604. The van der Waals surface area contributed by atoms with E-state index in [0.29, 0.717) is 16.6 Å². The Kier molecular flexibility index (Phi) is 4.66. The molecule has 0 radical (unpaired) electrons. The van der Waals surface area contributed by atoms with Crippen LogP contribution in [0.25, 0.3) is 11.0 Å². The lowest BCUT2D eigenvalue weighted by atomic mass is 10.1. The van der Waals surface area contributed by atoms with Crippen molar-refractivity contribution in [3.8, 4) is 0 Å². The lowest BCUT2D eigenvalue weighted by Crippen LogP contribution is -2.25. The van der Waals surface area contributed by atoms with E-state index < -0.39 is 0 Å². The Bertz CT molecular complexity index is 1060. The molecule has 0 amide bonds. The Balaban J connectivity index is 1.64. The van der Waals surface area contributed by atoms with E-state index in [1.807, 2.05) is 44.2 Å². The van der Waals surface area contributed by atoms with E-state index in [0.717, 1.165) is 37.4 Å². The van der Waals surface area contributed by atoms with Gasteiger partial charge in [0.05, 0.1) is 29.9 Å². The molecule has 0 spiro atoms. The van der Waals surface area contributed by atoms with Crippen LogP contribution in [-0.2, 0) is 17.8 Å². The maximum atomic E-state index is 13.0. The monoisotopic (exact) mass is 365 g/mol. The first-order chi connectivity index (χ1) is 13.0. The van der Waals surface area contributed by atoms with Crippen molar-refractivity contribution >= 4 is 16.8 Å². The zero-order valence-electron chi connectivity index (χ0n) is 15.6. The van der Waals surface area contributed by atoms with Gasteiger partial charge in [-0.3, -0.25) is 14.2 Å². The van der Waals surface area contributed by atoms with Crippen molar-refractivity contribution in [2.24, 2.45) is 0 Å². The summed E-state index contributed by atoms with van der Waals surface area (Å²) in [4.78, 5) is 29.5. The molecular formula is C21H23N3O3. The van der Waals surface area contributed by atoms with Crippen molar-refractivity contribution in [3.05, 3.63) is 63.8 Å². The number of benzene rings is 1. The average Bonchev–Trinajstić information content (AvgIpc) is 3.28. The number of aryl methyl sites for hydroxylation is 1. The van der Waals surface area contributed by atoms with Crippen LogP contribution in [0.15, 0.2) is 41.3 Å². The highest BCUT2D eigenvalue weighted by molar-refractivity contribution is 5.98. The van der Waals surface area contributed by atoms with Crippen LogP contribution in [0.3, 0.4) is 0 Å². The average molecular weight is 365 g/mol. The summed E-state index contributed by atoms with van der Waals surface area (Å²) in [7, 11) is 0. The molecule has 6 heteroatoms. The van der Waals surface area contributed by atoms with Gasteiger partial charge >= 0.3 is 0 Å². The summed E-state index contributed by atoms with van der Waals surface area (Å²) in [6.07, 6.45) is 3.63. The maximum absolute atomic E-state index is 13.0. The van der Waals surface area contributed by atoms with Crippen LogP contribution in [0.4, 0.5) is 0 Å². The van der Waals surface area contributed by atoms with Gasteiger partial charge in [0.2, 0.25) is 0 Å². The van der Waals surface area contributed by atoms with E-state index in [1.165, 1.54) is 10.8 Å². The number of carbonyl (C=O) groups is 1. The molecule has 27 heavy (non-hydrogen) atoms. The fraction of sp³-hybridized carbons (Fsp3) is 0.381. The first-order valence-electron chi connectivity index (χ1n) is 9.30. The molecule has 2 aromatic heterocycles. The van der Waals surface area contributed by atoms with Crippen LogP contribution < -0.4 is 5.56 Å². The van der Waals surface area contributed by atoms with Crippen LogP contribution in [-0.4, -0.2) is 32.6 Å². The molecule has 4 rings (SSSR count). The molecule has 0 N–H and O–H groups in total. The summed E-state index contributed by atoms with van der Waals surface area (Å²) in [5.41, 5.74) is 3.74. The first-order valence-corrected chi connectivity index (χ1v) is 9.30. The van der Waals surface area contributed by atoms with Gasteiger partial charge in [-0.05, 0) is 44.9 Å². The second-order valence-corrected chi connectivity index (χ2v) is 7.12. The van der Waals surface area contributed by atoms with E-state index in [2.05, 4.69) is 9.55 Å². The summed E-state index contributed by atoms with van der Waals surface area (Å²) in [6, 6.07) is 9.28. The first kappa shape index (κ1) is 17.7. The minimum atomic E-state index is -0.268. The van der Waals surface area contributed by atoms with Gasteiger partial charge in [-0.15, -0.1) is 0 Å². The van der Waals surface area contributed by atoms with Crippen LogP contribution in [0.1, 0.15) is 34.6 Å². The molecule has 1 aliphatic heterocycles. The predicted octanol–water partition coefficient (Wildman–Crippen LogP) is 2.88. The van der Waals surface area contributed by atoms with Crippen molar-refractivity contribution < 1.29 is 9.53 Å². The van der Waals surface area contributed by atoms with Crippen molar-refractivity contribution in [1.29, 1.82) is 0 Å². The SMILES string of the molecule is Cc1cc(C(=O)Cn2c(=O)cnc3ccccc32)c(C)n1C[C@H]1CCCO1. The Hall–Kier alpha value is -2.73. The fourth-order valence-corrected chi connectivity index (χ4v) is 3.86. The third-order valence-corrected chi connectivity index (χ3v) is 5.34. The van der Waals surface area contributed by atoms with Crippen LogP contribution in [0, 0.1) is 13.8 Å². The number of ether oxygens (including phenoxy) is 1. The summed E-state index contributed by atoms with van der Waals surface area (Å²) >= 11 is 0. The van der Waals surface area contributed by atoms with Crippen molar-refractivity contribution in [1.82, 2.24) is 14.1 Å². The molecule has 3 aromatic rings. The van der Waals surface area contributed by atoms with E-state index in [1.54, 1.807) is 0 Å². The third kappa shape index (κ3) is 3.32. The van der Waals surface area contributed by atoms with Gasteiger partial charge in [-0.2, -0.15) is 0 Å². The van der Waals surface area contributed by atoms with Gasteiger partial charge in [0.15, 0.2) is 5.78 Å². The number of rotatable bonds is 5. The topological polar surface area (TPSA) is 66.1 Å². The number of fused-ring (bicyclic) bond motifs is 1. The summed E-state index contributed by atoms with van der Waals surface area (Å²) in [5, 5.41) is 0. The Morgan fingerprint density at radius 2 is 2.07 bits per heavy atom. The number of para-hydroxylation sites is 2. The smallest absolute Gasteiger partial charge is 0.269 e. The molecule has 0 unspecified atom stereocenters. The zero-order valence-corrected chi connectivity index (χ0v) is 15.6. The molecule has 1 aliphatic rings. The lowest BCUT2D eigenvalue weighted by molar-refractivity contribution is 0.0948. The van der Waals surface area contributed by atoms with Gasteiger partial charge < -0.3 is 9.30 Å². The molecule has 1 saturated heterocycles. The number of hydrogen-bond donors (Lipinski definition) is 0.